The van der Waals surface area contributed by atoms with Crippen molar-refractivity contribution >= 4 is 15.9 Å². The number of carbonyl (C=O) groups is 1. The predicted molar refractivity (Wildman–Crippen MR) is 84.6 cm³/mol. The number of amides is 1. The molecular formula is C14H29N3O3S. The molecule has 7 heteroatoms. The largest absolute Gasteiger partial charge is 0.352 e. The first-order chi connectivity index (χ1) is 9.79. The van der Waals surface area contributed by atoms with Gasteiger partial charge in [-0.05, 0) is 39.9 Å². The minimum absolute atomic E-state index is 0.0667. The minimum atomic E-state index is -3.34. The van der Waals surface area contributed by atoms with Crippen molar-refractivity contribution in [3.05, 3.63) is 0 Å². The number of hydrogen-bond donors (Lipinski definition) is 1. The molecule has 0 aliphatic heterocycles. The first kappa shape index (κ1) is 18.4. The molecule has 21 heavy (non-hydrogen) atoms. The lowest BCUT2D eigenvalue weighted by Crippen LogP contribution is -2.45. The van der Waals surface area contributed by atoms with Crippen LogP contribution in [0.5, 0.6) is 0 Å². The van der Waals surface area contributed by atoms with E-state index in [9.17, 15) is 13.2 Å². The summed E-state index contributed by atoms with van der Waals surface area (Å²) in [5.41, 5.74) is 0. The van der Waals surface area contributed by atoms with Crippen molar-refractivity contribution < 1.29 is 13.2 Å². The van der Waals surface area contributed by atoms with Gasteiger partial charge in [0.2, 0.25) is 15.9 Å². The van der Waals surface area contributed by atoms with Crippen LogP contribution in [-0.2, 0) is 14.8 Å². The topological polar surface area (TPSA) is 69.7 Å². The van der Waals surface area contributed by atoms with E-state index in [1.165, 1.54) is 10.7 Å². The van der Waals surface area contributed by atoms with E-state index >= 15 is 0 Å². The Morgan fingerprint density at radius 2 is 1.76 bits per heavy atom. The predicted octanol–water partition coefficient (Wildman–Crippen LogP) is 0.649. The van der Waals surface area contributed by atoms with Crippen LogP contribution >= 0.6 is 0 Å². The fourth-order valence-corrected chi connectivity index (χ4v) is 3.42. The van der Waals surface area contributed by atoms with Crippen molar-refractivity contribution in [3.8, 4) is 0 Å². The lowest BCUT2D eigenvalue weighted by atomic mass is 9.95. The molecule has 0 aromatic rings. The average Bonchev–Trinajstić information content (AvgIpc) is 2.37. The summed E-state index contributed by atoms with van der Waals surface area (Å²) in [6.45, 7) is 1.12. The van der Waals surface area contributed by atoms with E-state index in [1.54, 1.807) is 0 Å². The Kier molecular flexibility index (Phi) is 7.62. The molecule has 1 fully saturated rings. The van der Waals surface area contributed by atoms with E-state index in [2.05, 4.69) is 5.32 Å². The van der Waals surface area contributed by atoms with Gasteiger partial charge in [-0.15, -0.1) is 0 Å². The van der Waals surface area contributed by atoms with Crippen LogP contribution in [-0.4, -0.2) is 69.6 Å². The van der Waals surface area contributed by atoms with Crippen LogP contribution in [0.3, 0.4) is 0 Å². The maximum absolute atomic E-state index is 12.0. The number of rotatable bonds is 8. The maximum atomic E-state index is 12.0. The molecule has 0 atom stereocenters. The van der Waals surface area contributed by atoms with E-state index in [0.29, 0.717) is 6.54 Å². The highest BCUT2D eigenvalue weighted by Crippen LogP contribution is 2.17. The van der Waals surface area contributed by atoms with Crippen molar-refractivity contribution in [2.24, 2.45) is 0 Å². The van der Waals surface area contributed by atoms with Gasteiger partial charge in [-0.25, -0.2) is 8.42 Å². The summed E-state index contributed by atoms with van der Waals surface area (Å²) in [5.74, 6) is -0.183. The first-order valence-electron chi connectivity index (χ1n) is 7.68. The average molecular weight is 319 g/mol. The number of carbonyl (C=O) groups excluding carboxylic acids is 1. The van der Waals surface area contributed by atoms with Crippen molar-refractivity contribution in [2.45, 2.75) is 44.6 Å². The molecule has 0 aromatic heterocycles. The molecule has 0 unspecified atom stereocenters. The van der Waals surface area contributed by atoms with Crippen LogP contribution in [0.25, 0.3) is 0 Å². The summed E-state index contributed by atoms with van der Waals surface area (Å²) >= 11 is 0. The maximum Gasteiger partial charge on any atom is 0.235 e. The van der Waals surface area contributed by atoms with Gasteiger partial charge < -0.3 is 10.2 Å². The Morgan fingerprint density at radius 3 is 2.29 bits per heavy atom. The summed E-state index contributed by atoms with van der Waals surface area (Å²) in [5, 5.41) is 2.97. The molecule has 0 saturated heterocycles. The Bertz CT molecular complexity index is 417. The molecule has 1 aliphatic rings. The normalized spacial score (nSPS) is 17.4. The first-order valence-corrected chi connectivity index (χ1v) is 9.53. The minimum Gasteiger partial charge on any atom is -0.352 e. The zero-order valence-electron chi connectivity index (χ0n) is 13.5. The Morgan fingerprint density at radius 1 is 1.14 bits per heavy atom. The van der Waals surface area contributed by atoms with Crippen LogP contribution < -0.4 is 5.32 Å². The van der Waals surface area contributed by atoms with Gasteiger partial charge in [-0.1, -0.05) is 19.3 Å². The fraction of sp³-hybridized carbons (Fsp3) is 0.929. The van der Waals surface area contributed by atoms with Gasteiger partial charge >= 0.3 is 0 Å². The standard InChI is InChI=1S/C14H29N3O3S/c1-16(2)10-7-11-17(21(3,19)20)12-14(18)15-13-8-5-4-6-9-13/h13H,4-12H2,1-3H3,(H,15,18). The molecule has 0 spiro atoms. The summed E-state index contributed by atoms with van der Waals surface area (Å²) < 4.78 is 24.8. The van der Waals surface area contributed by atoms with Gasteiger partial charge in [-0.2, -0.15) is 4.31 Å². The van der Waals surface area contributed by atoms with E-state index < -0.39 is 10.0 Å². The van der Waals surface area contributed by atoms with Crippen molar-refractivity contribution in [2.75, 3.05) is 40.0 Å². The number of nitrogens with zero attached hydrogens (tertiary/aromatic N) is 2. The van der Waals surface area contributed by atoms with Crippen LogP contribution in [0, 0.1) is 0 Å². The molecule has 6 nitrogen and oxygen atoms in total. The zero-order valence-corrected chi connectivity index (χ0v) is 14.3. The van der Waals surface area contributed by atoms with Gasteiger partial charge in [0.1, 0.15) is 0 Å². The molecule has 1 saturated carbocycles. The molecular weight excluding hydrogens is 290 g/mol. The van der Waals surface area contributed by atoms with Crippen LogP contribution in [0.1, 0.15) is 38.5 Å². The zero-order chi connectivity index (χ0) is 15.9. The molecule has 0 radical (unpaired) electrons. The second-order valence-electron chi connectivity index (χ2n) is 6.16. The Balaban J connectivity index is 2.45. The molecule has 124 valence electrons. The summed E-state index contributed by atoms with van der Waals surface area (Å²) in [7, 11) is 0.545. The van der Waals surface area contributed by atoms with Gasteiger partial charge in [0.25, 0.3) is 0 Å². The Labute approximate surface area is 128 Å². The smallest absolute Gasteiger partial charge is 0.235 e. The van der Waals surface area contributed by atoms with Crippen molar-refractivity contribution in [3.63, 3.8) is 0 Å². The SMILES string of the molecule is CN(C)CCCN(CC(=O)NC1CCCCC1)S(C)(=O)=O. The summed E-state index contributed by atoms with van der Waals surface area (Å²) in [6, 6.07) is 0.217. The third kappa shape index (κ3) is 7.78. The van der Waals surface area contributed by atoms with Gasteiger partial charge in [0.15, 0.2) is 0 Å². The van der Waals surface area contributed by atoms with Crippen molar-refractivity contribution in [1.82, 2.24) is 14.5 Å². The molecule has 1 amide bonds. The van der Waals surface area contributed by atoms with Crippen LogP contribution in [0.4, 0.5) is 0 Å². The van der Waals surface area contributed by atoms with E-state index in [0.717, 1.165) is 44.9 Å². The van der Waals surface area contributed by atoms with Crippen LogP contribution in [0.15, 0.2) is 0 Å². The summed E-state index contributed by atoms with van der Waals surface area (Å²) in [4.78, 5) is 14.0. The lowest BCUT2D eigenvalue weighted by Gasteiger charge is -2.25. The second kappa shape index (κ2) is 8.70. The van der Waals surface area contributed by atoms with Gasteiger partial charge in [-0.3, -0.25) is 4.79 Å². The highest BCUT2D eigenvalue weighted by molar-refractivity contribution is 7.88. The monoisotopic (exact) mass is 319 g/mol. The summed E-state index contributed by atoms with van der Waals surface area (Å²) in [6.07, 6.45) is 7.41. The molecule has 1 rings (SSSR count). The molecule has 1 N–H and O–H groups in total. The molecule has 1 aliphatic carbocycles. The van der Waals surface area contributed by atoms with E-state index in [1.807, 2.05) is 19.0 Å². The Hall–Kier alpha value is -0.660. The highest BCUT2D eigenvalue weighted by atomic mass is 32.2. The molecule has 0 aromatic carbocycles. The number of nitrogens with one attached hydrogen (secondary N) is 1. The van der Waals surface area contributed by atoms with E-state index in [-0.39, 0.29) is 18.5 Å². The fourth-order valence-electron chi connectivity index (χ4n) is 2.61. The van der Waals surface area contributed by atoms with Crippen molar-refractivity contribution in [1.29, 1.82) is 0 Å². The molecule has 0 bridgehead atoms. The lowest BCUT2D eigenvalue weighted by molar-refractivity contribution is -0.122. The number of hydrogen-bond acceptors (Lipinski definition) is 4. The van der Waals surface area contributed by atoms with Gasteiger partial charge in [0, 0.05) is 12.6 Å². The van der Waals surface area contributed by atoms with Gasteiger partial charge in [0.05, 0.1) is 12.8 Å². The third-order valence-electron chi connectivity index (χ3n) is 3.77. The highest BCUT2D eigenvalue weighted by Gasteiger charge is 2.22. The second-order valence-corrected chi connectivity index (χ2v) is 8.14. The quantitative estimate of drug-likeness (QED) is 0.713. The van der Waals surface area contributed by atoms with Crippen LogP contribution in [0.2, 0.25) is 0 Å². The third-order valence-corrected chi connectivity index (χ3v) is 5.02. The van der Waals surface area contributed by atoms with E-state index in [4.69, 9.17) is 0 Å². The molecule has 0 heterocycles. The number of sulfonamides is 1.